The van der Waals surface area contributed by atoms with Gasteiger partial charge in [0.2, 0.25) is 0 Å². The summed E-state index contributed by atoms with van der Waals surface area (Å²) in [6.07, 6.45) is -0.300. The van der Waals surface area contributed by atoms with Crippen molar-refractivity contribution in [3.63, 3.8) is 0 Å². The third-order valence-corrected chi connectivity index (χ3v) is 4.04. The van der Waals surface area contributed by atoms with E-state index in [0.717, 1.165) is 5.56 Å². The van der Waals surface area contributed by atoms with Gasteiger partial charge in [-0.25, -0.2) is 9.59 Å². The Morgan fingerprint density at radius 2 is 1.77 bits per heavy atom. The van der Waals surface area contributed by atoms with Crippen LogP contribution in [0.1, 0.15) is 26.3 Å². The minimum absolute atomic E-state index is 0.129. The highest BCUT2D eigenvalue weighted by Crippen LogP contribution is 2.29. The van der Waals surface area contributed by atoms with Crippen molar-refractivity contribution in [2.24, 2.45) is 0 Å². The van der Waals surface area contributed by atoms with Crippen molar-refractivity contribution in [2.75, 3.05) is 19.5 Å². The molecule has 0 aliphatic carbocycles. The summed E-state index contributed by atoms with van der Waals surface area (Å²) in [6.45, 7) is 0. The molecule has 0 unspecified atom stereocenters. The Labute approximate surface area is 149 Å². The Balaban J connectivity index is 1.84. The van der Waals surface area contributed by atoms with Crippen LogP contribution in [0, 0.1) is 0 Å². The smallest absolute Gasteiger partial charge is 0.339 e. The van der Waals surface area contributed by atoms with Crippen molar-refractivity contribution >= 4 is 23.5 Å². The first-order chi connectivity index (χ1) is 12.5. The number of para-hydroxylation sites is 1. The predicted molar refractivity (Wildman–Crippen MR) is 92.3 cm³/mol. The molecule has 3 rings (SSSR count). The van der Waals surface area contributed by atoms with E-state index in [1.54, 1.807) is 6.07 Å². The Morgan fingerprint density at radius 3 is 2.46 bits per heavy atom. The van der Waals surface area contributed by atoms with Crippen molar-refractivity contribution < 1.29 is 28.6 Å². The lowest BCUT2D eigenvalue weighted by molar-refractivity contribution is -0.122. The number of anilines is 1. The Kier molecular flexibility index (Phi) is 4.88. The lowest BCUT2D eigenvalue weighted by Gasteiger charge is -2.14. The number of hydrogen-bond acceptors (Lipinski definition) is 6. The molecule has 134 valence electrons. The van der Waals surface area contributed by atoms with Crippen LogP contribution in [0.4, 0.5) is 5.69 Å². The first-order valence-electron chi connectivity index (χ1n) is 7.89. The minimum Gasteiger partial charge on any atom is -0.480 e. The number of esters is 2. The van der Waals surface area contributed by atoms with Crippen LogP contribution in [0.15, 0.2) is 42.5 Å². The van der Waals surface area contributed by atoms with Gasteiger partial charge in [-0.3, -0.25) is 4.79 Å². The molecular weight excluding hydrogens is 338 g/mol. The van der Waals surface area contributed by atoms with Crippen molar-refractivity contribution in [1.82, 2.24) is 0 Å². The lowest BCUT2D eigenvalue weighted by Crippen LogP contribution is -2.32. The van der Waals surface area contributed by atoms with E-state index in [2.05, 4.69) is 10.1 Å². The monoisotopic (exact) mass is 355 g/mol. The maximum absolute atomic E-state index is 12.6. The van der Waals surface area contributed by atoms with Gasteiger partial charge >= 0.3 is 11.9 Å². The highest BCUT2D eigenvalue weighted by atomic mass is 16.5. The van der Waals surface area contributed by atoms with Crippen molar-refractivity contribution in [3.05, 3.63) is 59.2 Å². The molecule has 2 aromatic carbocycles. The first kappa shape index (κ1) is 17.5. The largest absolute Gasteiger partial charge is 0.480 e. The fraction of sp³-hybridized carbons (Fsp3) is 0.211. The van der Waals surface area contributed by atoms with Crippen LogP contribution in [-0.4, -0.2) is 38.2 Å². The van der Waals surface area contributed by atoms with Gasteiger partial charge in [-0.15, -0.1) is 0 Å². The molecule has 2 aromatic rings. The van der Waals surface area contributed by atoms with E-state index in [1.807, 2.05) is 18.2 Å². The molecule has 1 N–H and O–H groups in total. The van der Waals surface area contributed by atoms with Crippen LogP contribution >= 0.6 is 0 Å². The van der Waals surface area contributed by atoms with E-state index in [4.69, 9.17) is 9.47 Å². The summed E-state index contributed by atoms with van der Waals surface area (Å²) >= 11 is 0. The summed E-state index contributed by atoms with van der Waals surface area (Å²) in [5.41, 5.74) is 1.42. The third-order valence-electron chi connectivity index (χ3n) is 4.04. The van der Waals surface area contributed by atoms with Gasteiger partial charge in [0.1, 0.15) is 5.75 Å². The van der Waals surface area contributed by atoms with Crippen LogP contribution in [-0.2, 0) is 20.7 Å². The lowest BCUT2D eigenvalue weighted by atomic mass is 10.1. The average molecular weight is 355 g/mol. The number of carbonyl (C=O) groups is 3. The van der Waals surface area contributed by atoms with E-state index in [1.165, 1.54) is 32.4 Å². The minimum atomic E-state index is -0.723. The molecule has 0 spiro atoms. The highest BCUT2D eigenvalue weighted by Gasteiger charge is 2.30. The SMILES string of the molecule is COC(=O)c1ccc(C(=O)OC)c(NC(=O)[C@H]2Cc3ccccc3O2)c1. The number of fused-ring (bicyclic) bond motifs is 1. The maximum atomic E-state index is 12.6. The van der Waals surface area contributed by atoms with Crippen molar-refractivity contribution in [2.45, 2.75) is 12.5 Å². The maximum Gasteiger partial charge on any atom is 0.339 e. The van der Waals surface area contributed by atoms with Gasteiger partial charge in [-0.05, 0) is 29.8 Å². The number of benzene rings is 2. The molecule has 1 amide bonds. The van der Waals surface area contributed by atoms with Crippen LogP contribution in [0.25, 0.3) is 0 Å². The molecule has 26 heavy (non-hydrogen) atoms. The van der Waals surface area contributed by atoms with Crippen LogP contribution in [0.3, 0.4) is 0 Å². The van der Waals surface area contributed by atoms with Gasteiger partial charge in [-0.2, -0.15) is 0 Å². The normalized spacial score (nSPS) is 14.8. The van der Waals surface area contributed by atoms with E-state index in [-0.39, 0.29) is 16.8 Å². The second kappa shape index (κ2) is 7.26. The Bertz CT molecular complexity index is 851. The quantitative estimate of drug-likeness (QED) is 0.846. The topological polar surface area (TPSA) is 90.9 Å². The molecule has 0 fully saturated rings. The molecule has 7 nitrogen and oxygen atoms in total. The fourth-order valence-corrected chi connectivity index (χ4v) is 2.72. The Morgan fingerprint density at radius 1 is 1.04 bits per heavy atom. The molecule has 0 bridgehead atoms. The van der Waals surface area contributed by atoms with E-state index in [9.17, 15) is 14.4 Å². The fourth-order valence-electron chi connectivity index (χ4n) is 2.72. The van der Waals surface area contributed by atoms with Crippen molar-refractivity contribution in [3.8, 4) is 5.75 Å². The van der Waals surface area contributed by atoms with Gasteiger partial charge in [0.25, 0.3) is 5.91 Å². The van der Waals surface area contributed by atoms with Crippen LogP contribution in [0.5, 0.6) is 5.75 Å². The summed E-state index contributed by atoms with van der Waals surface area (Å²) < 4.78 is 15.0. The molecule has 1 aliphatic rings. The standard InChI is InChI=1S/C19H17NO6/c1-24-18(22)12-7-8-13(19(23)25-2)14(9-12)20-17(21)16-10-11-5-3-4-6-15(11)26-16/h3-9,16H,10H2,1-2H3,(H,20,21)/t16-/m1/s1. The molecule has 0 radical (unpaired) electrons. The number of carbonyl (C=O) groups excluding carboxylic acids is 3. The molecular formula is C19H17NO6. The molecule has 1 heterocycles. The number of amides is 1. The summed E-state index contributed by atoms with van der Waals surface area (Å²) in [4.78, 5) is 36.3. The van der Waals surface area contributed by atoms with Gasteiger partial charge < -0.3 is 19.5 Å². The van der Waals surface area contributed by atoms with E-state index < -0.39 is 23.9 Å². The molecule has 1 atom stereocenters. The Hall–Kier alpha value is -3.35. The molecule has 7 heteroatoms. The van der Waals surface area contributed by atoms with Crippen molar-refractivity contribution in [1.29, 1.82) is 0 Å². The number of methoxy groups -OCH3 is 2. The van der Waals surface area contributed by atoms with E-state index >= 15 is 0 Å². The van der Waals surface area contributed by atoms with Gasteiger partial charge in [0.05, 0.1) is 31.0 Å². The highest BCUT2D eigenvalue weighted by molar-refractivity contribution is 6.04. The van der Waals surface area contributed by atoms with Gasteiger partial charge in [-0.1, -0.05) is 18.2 Å². The van der Waals surface area contributed by atoms with Crippen LogP contribution < -0.4 is 10.1 Å². The summed E-state index contributed by atoms with van der Waals surface area (Å²) in [7, 11) is 2.48. The number of rotatable bonds is 4. The summed E-state index contributed by atoms with van der Waals surface area (Å²) in [5, 5.41) is 2.65. The number of ether oxygens (including phenoxy) is 3. The molecule has 0 aromatic heterocycles. The average Bonchev–Trinajstić information content (AvgIpc) is 3.11. The number of nitrogens with one attached hydrogen (secondary N) is 1. The van der Waals surface area contributed by atoms with Crippen LogP contribution in [0.2, 0.25) is 0 Å². The van der Waals surface area contributed by atoms with Gasteiger partial charge in [0.15, 0.2) is 6.10 Å². The predicted octanol–water partition coefficient (Wildman–Crippen LogP) is 2.20. The summed E-state index contributed by atoms with van der Waals surface area (Å²) in [5.74, 6) is -0.980. The summed E-state index contributed by atoms with van der Waals surface area (Å²) in [6, 6.07) is 11.6. The second-order valence-corrected chi connectivity index (χ2v) is 5.65. The molecule has 1 aliphatic heterocycles. The molecule has 0 saturated heterocycles. The number of hydrogen-bond donors (Lipinski definition) is 1. The second-order valence-electron chi connectivity index (χ2n) is 5.65. The first-order valence-corrected chi connectivity index (χ1v) is 7.89. The zero-order chi connectivity index (χ0) is 18.7. The zero-order valence-electron chi connectivity index (χ0n) is 14.3. The molecule has 0 saturated carbocycles. The zero-order valence-corrected chi connectivity index (χ0v) is 14.3. The van der Waals surface area contributed by atoms with Gasteiger partial charge in [0, 0.05) is 6.42 Å². The third kappa shape index (κ3) is 3.37. The van der Waals surface area contributed by atoms with E-state index in [0.29, 0.717) is 12.2 Å².